The zero-order valence-corrected chi connectivity index (χ0v) is 9.75. The normalized spacial score (nSPS) is 23.0. The van der Waals surface area contributed by atoms with Crippen LogP contribution in [0.4, 0.5) is 0 Å². The molecule has 0 aromatic carbocycles. The van der Waals surface area contributed by atoms with E-state index in [9.17, 15) is 4.21 Å². The topological polar surface area (TPSA) is 29.1 Å². The van der Waals surface area contributed by atoms with Gasteiger partial charge in [-0.3, -0.25) is 0 Å². The summed E-state index contributed by atoms with van der Waals surface area (Å²) in [4.78, 5) is 0. The Morgan fingerprint density at radius 2 is 1.69 bits per heavy atom. The molecule has 0 radical (unpaired) electrons. The van der Waals surface area contributed by atoms with Crippen LogP contribution in [0.2, 0.25) is 0 Å². The molecular formula is C10H21NOS. The molecule has 0 spiro atoms. The largest absolute Gasteiger partial charge is 0.242 e. The minimum Gasteiger partial charge on any atom is -0.242 e. The van der Waals surface area contributed by atoms with Crippen LogP contribution in [-0.2, 0) is 11.0 Å². The molecule has 13 heavy (non-hydrogen) atoms. The maximum Gasteiger partial charge on any atom is 0.0972 e. The van der Waals surface area contributed by atoms with Crippen LogP contribution in [0.25, 0.3) is 0 Å². The summed E-state index contributed by atoms with van der Waals surface area (Å²) in [6, 6.07) is 0.494. The molecule has 0 heterocycles. The van der Waals surface area contributed by atoms with Gasteiger partial charge in [-0.2, -0.15) is 0 Å². The Bertz CT molecular complexity index is 180. The molecule has 0 aromatic heterocycles. The summed E-state index contributed by atoms with van der Waals surface area (Å²) in [6.45, 7) is 6.04. The maximum atomic E-state index is 11.7. The van der Waals surface area contributed by atoms with Crippen LogP contribution < -0.4 is 4.72 Å². The molecular weight excluding hydrogens is 182 g/mol. The fourth-order valence-corrected chi connectivity index (χ4v) is 2.44. The Morgan fingerprint density at radius 1 is 1.15 bits per heavy atom. The van der Waals surface area contributed by atoms with Gasteiger partial charge in [-0.1, -0.05) is 19.3 Å². The van der Waals surface area contributed by atoms with E-state index in [1.165, 1.54) is 32.1 Å². The first-order valence-corrected chi connectivity index (χ1v) is 6.33. The van der Waals surface area contributed by atoms with Crippen LogP contribution >= 0.6 is 0 Å². The monoisotopic (exact) mass is 203 g/mol. The van der Waals surface area contributed by atoms with Gasteiger partial charge in [-0.05, 0) is 33.6 Å². The third-order valence-electron chi connectivity index (χ3n) is 2.44. The van der Waals surface area contributed by atoms with Crippen molar-refractivity contribution in [3.8, 4) is 0 Å². The van der Waals surface area contributed by atoms with E-state index in [0.717, 1.165) is 0 Å². The summed E-state index contributed by atoms with van der Waals surface area (Å²) < 4.78 is 14.8. The van der Waals surface area contributed by atoms with E-state index in [-0.39, 0.29) is 4.75 Å². The van der Waals surface area contributed by atoms with Gasteiger partial charge in [0.15, 0.2) is 0 Å². The third-order valence-corrected chi connectivity index (χ3v) is 4.09. The van der Waals surface area contributed by atoms with Gasteiger partial charge in [0, 0.05) is 6.04 Å². The van der Waals surface area contributed by atoms with E-state index < -0.39 is 11.0 Å². The van der Waals surface area contributed by atoms with Crippen molar-refractivity contribution in [3.63, 3.8) is 0 Å². The summed E-state index contributed by atoms with van der Waals surface area (Å²) in [5.41, 5.74) is 0. The molecule has 0 saturated heterocycles. The second kappa shape index (κ2) is 4.56. The molecule has 1 unspecified atom stereocenters. The highest BCUT2D eigenvalue weighted by molar-refractivity contribution is 7.84. The molecule has 1 fully saturated rings. The predicted octanol–water partition coefficient (Wildman–Crippen LogP) is 2.37. The fraction of sp³-hybridized carbons (Fsp3) is 1.00. The molecule has 1 rings (SSSR count). The van der Waals surface area contributed by atoms with E-state index >= 15 is 0 Å². The molecule has 0 aromatic rings. The number of hydrogen-bond donors (Lipinski definition) is 1. The molecule has 0 bridgehead atoms. The fourth-order valence-electron chi connectivity index (χ4n) is 1.55. The lowest BCUT2D eigenvalue weighted by Gasteiger charge is -2.26. The molecule has 1 atom stereocenters. The third kappa shape index (κ3) is 3.77. The molecule has 1 aliphatic rings. The van der Waals surface area contributed by atoms with E-state index in [2.05, 4.69) is 4.72 Å². The van der Waals surface area contributed by atoms with E-state index in [1.54, 1.807) is 0 Å². The van der Waals surface area contributed by atoms with Gasteiger partial charge < -0.3 is 0 Å². The highest BCUT2D eigenvalue weighted by Crippen LogP contribution is 2.19. The van der Waals surface area contributed by atoms with Crippen LogP contribution in [0.5, 0.6) is 0 Å². The molecule has 0 amide bonds. The SMILES string of the molecule is CC(C)(C)S(=O)NC1CCCCC1. The predicted molar refractivity (Wildman–Crippen MR) is 57.9 cm³/mol. The Hall–Kier alpha value is 0.110. The van der Waals surface area contributed by atoms with Crippen LogP contribution in [0.1, 0.15) is 52.9 Å². The lowest BCUT2D eigenvalue weighted by Crippen LogP contribution is -2.40. The van der Waals surface area contributed by atoms with Crippen molar-refractivity contribution >= 4 is 11.0 Å². The van der Waals surface area contributed by atoms with Gasteiger partial charge in [0.25, 0.3) is 0 Å². The van der Waals surface area contributed by atoms with Crippen LogP contribution in [0.15, 0.2) is 0 Å². The molecule has 1 saturated carbocycles. The first-order chi connectivity index (χ1) is 6.00. The Balaban J connectivity index is 2.35. The van der Waals surface area contributed by atoms with Gasteiger partial charge in [-0.25, -0.2) is 8.93 Å². The summed E-state index contributed by atoms with van der Waals surface area (Å²) in [6.07, 6.45) is 6.32. The summed E-state index contributed by atoms with van der Waals surface area (Å²) in [5.74, 6) is 0. The highest BCUT2D eigenvalue weighted by Gasteiger charge is 2.23. The van der Waals surface area contributed by atoms with Crippen molar-refractivity contribution in [2.24, 2.45) is 0 Å². The van der Waals surface area contributed by atoms with Crippen molar-refractivity contribution in [1.82, 2.24) is 4.72 Å². The van der Waals surface area contributed by atoms with Crippen molar-refractivity contribution in [2.45, 2.75) is 63.7 Å². The number of hydrogen-bond acceptors (Lipinski definition) is 1. The lowest BCUT2D eigenvalue weighted by atomic mass is 9.96. The maximum absolute atomic E-state index is 11.7. The average molecular weight is 203 g/mol. The first-order valence-electron chi connectivity index (χ1n) is 5.18. The Morgan fingerprint density at radius 3 is 2.15 bits per heavy atom. The van der Waals surface area contributed by atoms with E-state index in [1.807, 2.05) is 20.8 Å². The molecule has 2 nitrogen and oxygen atoms in total. The Kier molecular flexibility index (Phi) is 3.92. The second-order valence-corrected chi connectivity index (χ2v) is 6.83. The molecule has 0 aliphatic heterocycles. The molecule has 3 heteroatoms. The average Bonchev–Trinajstić information content (AvgIpc) is 2.04. The molecule has 78 valence electrons. The summed E-state index contributed by atoms with van der Waals surface area (Å²) in [5, 5.41) is 0. The van der Waals surface area contributed by atoms with E-state index in [0.29, 0.717) is 6.04 Å². The molecule has 1 aliphatic carbocycles. The van der Waals surface area contributed by atoms with E-state index in [4.69, 9.17) is 0 Å². The standard InChI is InChI=1S/C10H21NOS/c1-10(2,3)13(12)11-9-7-5-4-6-8-9/h9,11H,4-8H2,1-3H3. The smallest absolute Gasteiger partial charge is 0.0972 e. The Labute approximate surface area is 84.1 Å². The summed E-state index contributed by atoms with van der Waals surface area (Å²) >= 11 is 0. The second-order valence-electron chi connectivity index (χ2n) is 4.83. The zero-order chi connectivity index (χ0) is 9.90. The first kappa shape index (κ1) is 11.2. The van der Waals surface area contributed by atoms with Gasteiger partial charge in [0.2, 0.25) is 0 Å². The van der Waals surface area contributed by atoms with Gasteiger partial charge in [0.1, 0.15) is 0 Å². The van der Waals surface area contributed by atoms with Gasteiger partial charge in [-0.15, -0.1) is 0 Å². The highest BCUT2D eigenvalue weighted by atomic mass is 32.2. The van der Waals surface area contributed by atoms with Gasteiger partial charge >= 0.3 is 0 Å². The number of nitrogens with one attached hydrogen (secondary N) is 1. The lowest BCUT2D eigenvalue weighted by molar-refractivity contribution is 0.416. The zero-order valence-electron chi connectivity index (χ0n) is 8.93. The van der Waals surface area contributed by atoms with Crippen LogP contribution in [0, 0.1) is 0 Å². The summed E-state index contributed by atoms with van der Waals surface area (Å²) in [7, 11) is -0.885. The van der Waals surface area contributed by atoms with Crippen molar-refractivity contribution in [1.29, 1.82) is 0 Å². The van der Waals surface area contributed by atoms with Crippen LogP contribution in [-0.4, -0.2) is 15.0 Å². The van der Waals surface area contributed by atoms with Crippen molar-refractivity contribution in [2.75, 3.05) is 0 Å². The number of rotatable bonds is 2. The van der Waals surface area contributed by atoms with Gasteiger partial charge in [0.05, 0.1) is 15.7 Å². The molecule has 1 N–H and O–H groups in total. The van der Waals surface area contributed by atoms with Crippen LogP contribution in [0.3, 0.4) is 0 Å². The minimum atomic E-state index is -0.885. The van der Waals surface area contributed by atoms with Crippen molar-refractivity contribution < 1.29 is 4.21 Å². The van der Waals surface area contributed by atoms with Crippen molar-refractivity contribution in [3.05, 3.63) is 0 Å². The quantitative estimate of drug-likeness (QED) is 0.733. The minimum absolute atomic E-state index is 0.128.